The molecule has 0 aliphatic carbocycles. The number of nitrogens with zero attached hydrogens (tertiary/aromatic N) is 1. The lowest BCUT2D eigenvalue weighted by Crippen LogP contribution is -2.34. The van der Waals surface area contributed by atoms with Crippen molar-refractivity contribution in [2.24, 2.45) is 0 Å². The molecule has 32 heavy (non-hydrogen) atoms. The number of thiophene rings is 1. The van der Waals surface area contributed by atoms with E-state index in [0.717, 1.165) is 11.3 Å². The van der Waals surface area contributed by atoms with Crippen LogP contribution in [0.5, 0.6) is 11.5 Å². The Labute approximate surface area is 191 Å². The highest BCUT2D eigenvalue weighted by atomic mass is 32.1. The summed E-state index contributed by atoms with van der Waals surface area (Å²) in [7, 11) is 0. The van der Waals surface area contributed by atoms with E-state index in [-0.39, 0.29) is 24.8 Å². The Balaban J connectivity index is 1.45. The summed E-state index contributed by atoms with van der Waals surface area (Å²) in [5.74, 6) is 1.05. The van der Waals surface area contributed by atoms with E-state index in [0.29, 0.717) is 36.1 Å². The summed E-state index contributed by atoms with van der Waals surface area (Å²) >= 11 is 1.37. The fraction of sp³-hybridized carbons (Fsp3) is 0.200. The molecule has 7 heteroatoms. The number of carbonyl (C=O) groups is 2. The van der Waals surface area contributed by atoms with Crippen molar-refractivity contribution in [2.45, 2.75) is 6.42 Å². The topological polar surface area (TPSA) is 67.9 Å². The highest BCUT2D eigenvalue weighted by Crippen LogP contribution is 2.34. The summed E-state index contributed by atoms with van der Waals surface area (Å²) in [5, 5.41) is 4.67. The monoisotopic (exact) mass is 448 g/mol. The Kier molecular flexibility index (Phi) is 7.19. The molecule has 4 rings (SSSR count). The average molecular weight is 449 g/mol. The van der Waals surface area contributed by atoms with E-state index in [1.165, 1.54) is 11.3 Å². The van der Waals surface area contributed by atoms with Crippen LogP contribution in [0.4, 0.5) is 5.69 Å². The van der Waals surface area contributed by atoms with Crippen molar-refractivity contribution >= 4 is 34.9 Å². The third kappa shape index (κ3) is 5.56. The van der Waals surface area contributed by atoms with Crippen molar-refractivity contribution in [3.63, 3.8) is 0 Å². The zero-order chi connectivity index (χ0) is 22.2. The van der Waals surface area contributed by atoms with Crippen LogP contribution in [0.15, 0.2) is 72.1 Å². The lowest BCUT2D eigenvalue weighted by atomic mass is 10.2. The van der Waals surface area contributed by atoms with Gasteiger partial charge in [-0.25, -0.2) is 0 Å². The van der Waals surface area contributed by atoms with Gasteiger partial charge in [0, 0.05) is 31.3 Å². The molecule has 6 nitrogen and oxygen atoms in total. The van der Waals surface area contributed by atoms with Crippen LogP contribution in [0.25, 0.3) is 6.08 Å². The first-order chi connectivity index (χ1) is 15.7. The number of carbonyl (C=O) groups excluding carboxylic acids is 2. The Morgan fingerprint density at radius 2 is 1.81 bits per heavy atom. The highest BCUT2D eigenvalue weighted by molar-refractivity contribution is 7.12. The van der Waals surface area contributed by atoms with Gasteiger partial charge in [0.05, 0.1) is 4.88 Å². The zero-order valence-electron chi connectivity index (χ0n) is 17.5. The second-order valence-corrected chi connectivity index (χ2v) is 8.08. The van der Waals surface area contributed by atoms with Crippen molar-refractivity contribution in [1.29, 1.82) is 0 Å². The van der Waals surface area contributed by atoms with Gasteiger partial charge in [0.2, 0.25) is 5.91 Å². The van der Waals surface area contributed by atoms with Crippen LogP contribution in [0.3, 0.4) is 0 Å². The number of rotatable bonds is 8. The molecule has 0 saturated carbocycles. The van der Waals surface area contributed by atoms with Crippen LogP contribution < -0.4 is 19.7 Å². The van der Waals surface area contributed by atoms with Gasteiger partial charge >= 0.3 is 0 Å². The number of anilines is 1. The molecule has 0 atom stereocenters. The van der Waals surface area contributed by atoms with E-state index in [1.807, 2.05) is 72.1 Å². The molecule has 3 aromatic rings. The van der Waals surface area contributed by atoms with Crippen molar-refractivity contribution in [3.8, 4) is 11.5 Å². The van der Waals surface area contributed by atoms with Gasteiger partial charge in [-0.2, -0.15) is 0 Å². The van der Waals surface area contributed by atoms with Gasteiger partial charge in [-0.05, 0) is 29.1 Å². The van der Waals surface area contributed by atoms with Gasteiger partial charge in [0.1, 0.15) is 13.2 Å². The van der Waals surface area contributed by atoms with E-state index in [1.54, 1.807) is 11.0 Å². The molecule has 1 aliphatic rings. The van der Waals surface area contributed by atoms with Gasteiger partial charge in [0.25, 0.3) is 5.91 Å². The standard InChI is InChI=1S/C25H24N2O4S/c28-24(12-13-26-25(29)23-9-5-17-32-23)27(14-4-8-19-6-2-1-3-7-19)20-10-11-21-22(18-20)31-16-15-30-21/h1-11,17-18H,12-16H2,(H,26,29)/b8-4+. The predicted octanol–water partition coefficient (Wildman–Crippen LogP) is 4.39. The highest BCUT2D eigenvalue weighted by Gasteiger charge is 2.19. The number of benzene rings is 2. The first kappa shape index (κ1) is 21.6. The molecule has 0 radical (unpaired) electrons. The number of amides is 2. The minimum Gasteiger partial charge on any atom is -0.486 e. The molecule has 1 aliphatic heterocycles. The van der Waals surface area contributed by atoms with Crippen molar-refractivity contribution in [3.05, 3.63) is 82.6 Å². The molecular formula is C25H24N2O4S. The summed E-state index contributed by atoms with van der Waals surface area (Å²) in [6.45, 7) is 1.65. The van der Waals surface area contributed by atoms with Gasteiger partial charge in [-0.3, -0.25) is 9.59 Å². The minimum atomic E-state index is -0.164. The van der Waals surface area contributed by atoms with Crippen molar-refractivity contribution < 1.29 is 19.1 Å². The maximum absolute atomic E-state index is 13.1. The SMILES string of the molecule is O=C(NCCC(=O)N(C/C=C/c1ccccc1)c1ccc2c(c1)OCCO2)c1cccs1. The first-order valence-corrected chi connectivity index (χ1v) is 11.3. The third-order valence-corrected chi connectivity index (χ3v) is 5.77. The minimum absolute atomic E-state index is 0.0918. The van der Waals surface area contributed by atoms with Crippen LogP contribution in [-0.4, -0.2) is 38.1 Å². The number of nitrogens with one attached hydrogen (secondary N) is 1. The van der Waals surface area contributed by atoms with Crippen molar-refractivity contribution in [2.75, 3.05) is 31.2 Å². The molecule has 1 aromatic heterocycles. The Hall–Kier alpha value is -3.58. The van der Waals surface area contributed by atoms with Crippen LogP contribution in [-0.2, 0) is 4.79 Å². The number of hydrogen-bond donors (Lipinski definition) is 1. The van der Waals surface area contributed by atoms with Crippen LogP contribution in [0, 0.1) is 0 Å². The molecule has 0 unspecified atom stereocenters. The Bertz CT molecular complexity index is 1080. The second kappa shape index (κ2) is 10.6. The molecule has 0 bridgehead atoms. The first-order valence-electron chi connectivity index (χ1n) is 10.4. The molecule has 0 fully saturated rings. The molecule has 0 saturated heterocycles. The summed E-state index contributed by atoms with van der Waals surface area (Å²) in [5.41, 5.74) is 1.78. The lowest BCUT2D eigenvalue weighted by Gasteiger charge is -2.24. The Morgan fingerprint density at radius 1 is 1.00 bits per heavy atom. The molecule has 2 heterocycles. The largest absolute Gasteiger partial charge is 0.486 e. The molecule has 1 N–H and O–H groups in total. The maximum atomic E-state index is 13.1. The van der Waals surface area contributed by atoms with Crippen LogP contribution >= 0.6 is 11.3 Å². The van der Waals surface area contributed by atoms with Crippen molar-refractivity contribution in [1.82, 2.24) is 5.32 Å². The zero-order valence-corrected chi connectivity index (χ0v) is 18.3. The van der Waals surface area contributed by atoms with E-state index in [9.17, 15) is 9.59 Å². The molecule has 2 aromatic carbocycles. The van der Waals surface area contributed by atoms with Gasteiger partial charge < -0.3 is 19.7 Å². The Morgan fingerprint density at radius 3 is 2.59 bits per heavy atom. The number of ether oxygens (including phenoxy) is 2. The average Bonchev–Trinajstić information content (AvgIpc) is 3.37. The smallest absolute Gasteiger partial charge is 0.261 e. The lowest BCUT2D eigenvalue weighted by molar-refractivity contribution is -0.118. The van der Waals surface area contributed by atoms with E-state index < -0.39 is 0 Å². The van der Waals surface area contributed by atoms with Crippen LogP contribution in [0.1, 0.15) is 21.7 Å². The summed E-state index contributed by atoms with van der Waals surface area (Å²) in [6.07, 6.45) is 4.12. The molecular weight excluding hydrogens is 424 g/mol. The van der Waals surface area contributed by atoms with E-state index in [4.69, 9.17) is 9.47 Å². The second-order valence-electron chi connectivity index (χ2n) is 7.13. The van der Waals surface area contributed by atoms with Gasteiger partial charge in [-0.1, -0.05) is 48.6 Å². The fourth-order valence-electron chi connectivity index (χ4n) is 3.32. The summed E-state index contributed by atoms with van der Waals surface area (Å²) < 4.78 is 11.3. The summed E-state index contributed by atoms with van der Waals surface area (Å²) in [4.78, 5) is 27.6. The molecule has 164 valence electrons. The molecule has 2 amide bonds. The number of hydrogen-bond acceptors (Lipinski definition) is 5. The summed E-state index contributed by atoms with van der Waals surface area (Å²) in [6, 6.07) is 19.0. The van der Waals surface area contributed by atoms with E-state index >= 15 is 0 Å². The van der Waals surface area contributed by atoms with Gasteiger partial charge in [-0.15, -0.1) is 11.3 Å². The predicted molar refractivity (Wildman–Crippen MR) is 127 cm³/mol. The molecule has 0 spiro atoms. The normalized spacial score (nSPS) is 12.5. The maximum Gasteiger partial charge on any atom is 0.261 e. The fourth-order valence-corrected chi connectivity index (χ4v) is 3.96. The quantitative estimate of drug-likeness (QED) is 0.555. The van der Waals surface area contributed by atoms with E-state index in [2.05, 4.69) is 5.32 Å². The van der Waals surface area contributed by atoms with Crippen LogP contribution in [0.2, 0.25) is 0 Å². The van der Waals surface area contributed by atoms with Gasteiger partial charge in [0.15, 0.2) is 11.5 Å². The third-order valence-electron chi connectivity index (χ3n) is 4.91. The number of fused-ring (bicyclic) bond motifs is 1.